The lowest BCUT2D eigenvalue weighted by Crippen LogP contribution is -2.35. The molecule has 1 fully saturated rings. The van der Waals surface area contributed by atoms with Crippen LogP contribution in [0.4, 0.5) is 0 Å². The molecule has 0 radical (unpaired) electrons. The molecule has 2 aliphatic rings. The Kier molecular flexibility index (Phi) is 6.73. The number of hydrogen-bond acceptors (Lipinski definition) is 5. The fourth-order valence-corrected chi connectivity index (χ4v) is 4.39. The molecule has 1 aromatic heterocycles. The smallest absolute Gasteiger partial charge is 0.288 e. The van der Waals surface area contributed by atoms with Crippen molar-refractivity contribution in [3.8, 4) is 0 Å². The number of ether oxygens (including phenoxy) is 2. The summed E-state index contributed by atoms with van der Waals surface area (Å²) in [7, 11) is 0. The third-order valence-electron chi connectivity index (χ3n) is 6.00. The van der Waals surface area contributed by atoms with Crippen molar-refractivity contribution in [2.45, 2.75) is 51.2 Å². The number of benzene rings is 1. The topological polar surface area (TPSA) is 81.0 Å². The Labute approximate surface area is 182 Å². The largest absolute Gasteiger partial charge is 0.459 e. The van der Waals surface area contributed by atoms with E-state index in [4.69, 9.17) is 14.6 Å². The van der Waals surface area contributed by atoms with E-state index in [1.165, 1.54) is 0 Å². The van der Waals surface area contributed by atoms with Gasteiger partial charge in [0.15, 0.2) is 5.76 Å². The molecule has 0 unspecified atom stereocenters. The van der Waals surface area contributed by atoms with Crippen molar-refractivity contribution >= 4 is 22.7 Å². The fourth-order valence-electron chi connectivity index (χ4n) is 4.39. The lowest BCUT2D eigenvalue weighted by molar-refractivity contribution is -0.152. The van der Waals surface area contributed by atoms with E-state index in [2.05, 4.69) is 0 Å². The van der Waals surface area contributed by atoms with Gasteiger partial charge in [-0.15, -0.1) is 0 Å². The van der Waals surface area contributed by atoms with Crippen molar-refractivity contribution < 1.29 is 24.2 Å². The number of amides is 1. The summed E-state index contributed by atoms with van der Waals surface area (Å²) in [5, 5.41) is 10.00. The van der Waals surface area contributed by atoms with Gasteiger partial charge in [-0.25, -0.2) is 0 Å². The van der Waals surface area contributed by atoms with Crippen molar-refractivity contribution in [1.29, 1.82) is 0 Å². The second-order valence-electron chi connectivity index (χ2n) is 8.21. The lowest BCUT2D eigenvalue weighted by atomic mass is 9.92. The number of carbonyl (C=O) groups excluding carboxylic acids is 2. The van der Waals surface area contributed by atoms with E-state index in [0.717, 1.165) is 48.8 Å². The minimum Gasteiger partial charge on any atom is -0.459 e. The number of fused-ring (bicyclic) bond motifs is 1. The number of unbranched alkanes of at least 4 members (excludes halogenated alkanes) is 1. The zero-order valence-electron chi connectivity index (χ0n) is 18.0. The molecule has 7 heteroatoms. The number of nitrogens with zero attached hydrogens (tertiary/aromatic N) is 2. The van der Waals surface area contributed by atoms with Gasteiger partial charge >= 0.3 is 0 Å². The van der Waals surface area contributed by atoms with E-state index in [1.54, 1.807) is 11.5 Å². The first-order chi connectivity index (χ1) is 15.1. The van der Waals surface area contributed by atoms with Crippen LogP contribution < -0.4 is 0 Å². The lowest BCUT2D eigenvalue weighted by Gasteiger charge is -2.30. The molecule has 31 heavy (non-hydrogen) atoms. The number of aromatic nitrogens is 1. The summed E-state index contributed by atoms with van der Waals surface area (Å²) in [5.74, 6) is 0.0683. The average Bonchev–Trinajstić information content (AvgIpc) is 3.44. The van der Waals surface area contributed by atoms with E-state index in [0.29, 0.717) is 25.2 Å². The van der Waals surface area contributed by atoms with Gasteiger partial charge in [0, 0.05) is 50.5 Å². The molecular weight excluding hydrogens is 396 g/mol. The third-order valence-corrected chi connectivity index (χ3v) is 6.00. The van der Waals surface area contributed by atoms with E-state index in [1.807, 2.05) is 41.4 Å². The highest BCUT2D eigenvalue weighted by Crippen LogP contribution is 2.37. The Morgan fingerprint density at radius 1 is 1.19 bits per heavy atom. The highest BCUT2D eigenvalue weighted by atomic mass is 16.7. The van der Waals surface area contributed by atoms with Crippen molar-refractivity contribution in [2.24, 2.45) is 0 Å². The number of rotatable bonds is 7. The summed E-state index contributed by atoms with van der Waals surface area (Å²) in [4.78, 5) is 27.1. The Morgan fingerprint density at radius 2 is 1.97 bits per heavy atom. The number of carbonyl (C=O) groups is 2. The highest BCUT2D eigenvalue weighted by Gasteiger charge is 2.33. The van der Waals surface area contributed by atoms with Crippen molar-refractivity contribution in [1.82, 2.24) is 9.47 Å². The molecule has 2 aliphatic heterocycles. The van der Waals surface area contributed by atoms with E-state index >= 15 is 0 Å². The summed E-state index contributed by atoms with van der Waals surface area (Å²) >= 11 is 0. The summed E-state index contributed by atoms with van der Waals surface area (Å²) in [6.45, 7) is 3.62. The monoisotopic (exact) mass is 426 g/mol. The van der Waals surface area contributed by atoms with Crippen molar-refractivity contribution in [2.75, 3.05) is 26.3 Å². The maximum absolute atomic E-state index is 13.1. The zero-order valence-corrected chi connectivity index (χ0v) is 18.0. The molecule has 2 aromatic rings. The Morgan fingerprint density at radius 3 is 2.71 bits per heavy atom. The molecule has 166 valence electrons. The summed E-state index contributed by atoms with van der Waals surface area (Å²) < 4.78 is 13.6. The molecule has 0 spiro atoms. The van der Waals surface area contributed by atoms with E-state index in [-0.39, 0.29) is 24.3 Å². The number of aliphatic hydroxyl groups is 1. The summed E-state index contributed by atoms with van der Waals surface area (Å²) in [6.07, 6.45) is 7.18. The Hall–Kier alpha value is -2.64. The van der Waals surface area contributed by atoms with Gasteiger partial charge in [0.05, 0.1) is 12.1 Å². The molecule has 3 heterocycles. The molecule has 1 N–H and O–H groups in total. The normalized spacial score (nSPS) is 21.2. The van der Waals surface area contributed by atoms with Crippen LogP contribution in [0, 0.1) is 0 Å². The second-order valence-corrected chi connectivity index (χ2v) is 8.21. The van der Waals surface area contributed by atoms with Gasteiger partial charge in [0.1, 0.15) is 0 Å². The molecule has 0 bridgehead atoms. The third kappa shape index (κ3) is 4.67. The van der Waals surface area contributed by atoms with Crippen LogP contribution in [0.1, 0.15) is 55.3 Å². The SMILES string of the molecule is CC(=O)n1cc([C@H]2C=C(C(=O)N3CCCC3)O[C@@H](OCCCCO)C2)c2ccccc21. The number of para-hydroxylation sites is 1. The first-order valence-electron chi connectivity index (χ1n) is 11.1. The maximum Gasteiger partial charge on any atom is 0.288 e. The number of hydrogen-bond donors (Lipinski definition) is 1. The van der Waals surface area contributed by atoms with Gasteiger partial charge in [0.25, 0.3) is 5.91 Å². The maximum atomic E-state index is 13.1. The van der Waals surface area contributed by atoms with E-state index < -0.39 is 6.29 Å². The fraction of sp³-hybridized carbons (Fsp3) is 0.500. The molecule has 1 saturated heterocycles. The molecule has 0 saturated carbocycles. The standard InChI is InChI=1S/C24H30N2O5/c1-17(28)26-16-20(19-8-2-3-9-21(19)26)18-14-22(24(29)25-10-4-5-11-25)31-23(15-18)30-13-7-6-12-27/h2-3,8-9,14,16,18,23,27H,4-7,10-13,15H2,1H3/t18-,23+/m0/s1. The van der Waals surface area contributed by atoms with Crippen LogP contribution in [0.25, 0.3) is 10.9 Å². The van der Waals surface area contributed by atoms with Gasteiger partial charge in [-0.05, 0) is 43.4 Å². The molecule has 1 amide bonds. The van der Waals surface area contributed by atoms with Crippen LogP contribution in [0.15, 0.2) is 42.3 Å². The van der Waals surface area contributed by atoms with E-state index in [9.17, 15) is 9.59 Å². The number of allylic oxidation sites excluding steroid dienone is 1. The first-order valence-corrected chi connectivity index (χ1v) is 11.1. The number of aliphatic hydroxyl groups excluding tert-OH is 1. The molecule has 4 rings (SSSR count). The minimum absolute atomic E-state index is 0.0522. The first kappa shape index (κ1) is 21.6. The predicted molar refractivity (Wildman–Crippen MR) is 117 cm³/mol. The molecule has 1 aromatic carbocycles. The van der Waals surface area contributed by atoms with Crippen LogP contribution in [0.5, 0.6) is 0 Å². The van der Waals surface area contributed by atoms with Crippen LogP contribution in [0.2, 0.25) is 0 Å². The number of likely N-dealkylation sites (tertiary alicyclic amines) is 1. The minimum atomic E-state index is -0.547. The average molecular weight is 427 g/mol. The molecule has 0 aliphatic carbocycles. The van der Waals surface area contributed by atoms with Gasteiger partial charge < -0.3 is 19.5 Å². The molecule has 7 nitrogen and oxygen atoms in total. The van der Waals surface area contributed by atoms with Crippen molar-refractivity contribution in [3.05, 3.63) is 47.9 Å². The highest BCUT2D eigenvalue weighted by molar-refractivity contribution is 5.95. The van der Waals surface area contributed by atoms with Crippen molar-refractivity contribution in [3.63, 3.8) is 0 Å². The zero-order chi connectivity index (χ0) is 21.8. The van der Waals surface area contributed by atoms with Crippen LogP contribution in [0.3, 0.4) is 0 Å². The van der Waals surface area contributed by atoms with Crippen LogP contribution >= 0.6 is 0 Å². The van der Waals surface area contributed by atoms with Gasteiger partial charge in [0.2, 0.25) is 12.2 Å². The predicted octanol–water partition coefficient (Wildman–Crippen LogP) is 3.43. The van der Waals surface area contributed by atoms with Gasteiger partial charge in [-0.3, -0.25) is 14.2 Å². The Balaban J connectivity index is 1.65. The van der Waals surface area contributed by atoms with Gasteiger partial charge in [-0.2, -0.15) is 0 Å². The molecule has 2 atom stereocenters. The summed E-state index contributed by atoms with van der Waals surface area (Å²) in [5.41, 5.74) is 1.85. The second kappa shape index (κ2) is 9.66. The quantitative estimate of drug-likeness (QED) is 0.686. The Bertz CT molecular complexity index is 974. The van der Waals surface area contributed by atoms with Crippen LogP contribution in [-0.4, -0.2) is 59.0 Å². The van der Waals surface area contributed by atoms with Crippen LogP contribution in [-0.2, 0) is 14.3 Å². The molecular formula is C24H30N2O5. The van der Waals surface area contributed by atoms with Gasteiger partial charge in [-0.1, -0.05) is 18.2 Å². The summed E-state index contributed by atoms with van der Waals surface area (Å²) in [6, 6.07) is 7.81.